The number of halogens is 2. The number of nitrogens with two attached hydrogens (primary N) is 1. The fourth-order valence-corrected chi connectivity index (χ4v) is 3.55. The molecule has 1 unspecified atom stereocenters. The molecule has 0 radical (unpaired) electrons. The molecule has 0 bridgehead atoms. The van der Waals surface area contributed by atoms with Crippen molar-refractivity contribution in [3.63, 3.8) is 0 Å². The highest BCUT2D eigenvalue weighted by Crippen LogP contribution is 2.37. The van der Waals surface area contributed by atoms with Gasteiger partial charge < -0.3 is 5.73 Å². The van der Waals surface area contributed by atoms with Gasteiger partial charge in [-0.05, 0) is 36.8 Å². The highest BCUT2D eigenvalue weighted by Gasteiger charge is 2.11. The minimum atomic E-state index is 0.139. The van der Waals surface area contributed by atoms with Crippen LogP contribution in [0.4, 0.5) is 0 Å². The first-order valence-electron chi connectivity index (χ1n) is 5.92. The molecule has 4 heteroatoms. The minimum Gasteiger partial charge on any atom is -0.323 e. The lowest BCUT2D eigenvalue weighted by atomic mass is 10.1. The average molecular weight is 345 g/mol. The summed E-state index contributed by atoms with van der Waals surface area (Å²) in [5.74, 6) is 0. The summed E-state index contributed by atoms with van der Waals surface area (Å²) in [4.78, 5) is 2.39. The summed E-state index contributed by atoms with van der Waals surface area (Å²) in [5, 5.41) is 0.774. The molecule has 1 heterocycles. The lowest BCUT2D eigenvalue weighted by Gasteiger charge is -2.07. The van der Waals surface area contributed by atoms with Crippen molar-refractivity contribution >= 4 is 38.9 Å². The number of hydrogen-bond acceptors (Lipinski definition) is 2. The maximum atomic E-state index is 6.24. The van der Waals surface area contributed by atoms with Gasteiger partial charge in [-0.15, -0.1) is 11.3 Å². The molecule has 1 atom stereocenters. The van der Waals surface area contributed by atoms with Crippen LogP contribution in [0.3, 0.4) is 0 Å². The van der Waals surface area contributed by atoms with Crippen molar-refractivity contribution in [2.45, 2.75) is 25.8 Å². The highest BCUT2D eigenvalue weighted by atomic mass is 79.9. The minimum absolute atomic E-state index is 0.139. The largest absolute Gasteiger partial charge is 0.323 e. The maximum Gasteiger partial charge on any atom is 0.0493 e. The van der Waals surface area contributed by atoms with Crippen LogP contribution in [0.2, 0.25) is 5.02 Å². The van der Waals surface area contributed by atoms with Gasteiger partial charge in [0.05, 0.1) is 0 Å². The first kappa shape index (κ1) is 14.1. The number of benzene rings is 1. The van der Waals surface area contributed by atoms with Gasteiger partial charge in [0.1, 0.15) is 0 Å². The van der Waals surface area contributed by atoms with E-state index in [0.29, 0.717) is 0 Å². The van der Waals surface area contributed by atoms with Crippen LogP contribution < -0.4 is 5.73 Å². The first-order valence-corrected chi connectivity index (χ1v) is 7.91. The molecule has 0 aliphatic rings. The van der Waals surface area contributed by atoms with Crippen molar-refractivity contribution in [2.24, 2.45) is 5.73 Å². The Hall–Kier alpha value is -0.350. The molecular formula is C14H15BrClNS. The fourth-order valence-electron chi connectivity index (χ4n) is 1.84. The van der Waals surface area contributed by atoms with Gasteiger partial charge in [0.25, 0.3) is 0 Å². The molecule has 96 valence electrons. The third-order valence-electron chi connectivity index (χ3n) is 2.79. The monoisotopic (exact) mass is 343 g/mol. The lowest BCUT2D eigenvalue weighted by Crippen LogP contribution is -2.07. The normalized spacial score (nSPS) is 12.7. The van der Waals surface area contributed by atoms with Gasteiger partial charge in [-0.25, -0.2) is 0 Å². The van der Waals surface area contributed by atoms with Crippen LogP contribution >= 0.6 is 38.9 Å². The molecule has 0 saturated heterocycles. The number of hydrogen-bond donors (Lipinski definition) is 1. The molecular weight excluding hydrogens is 330 g/mol. The molecule has 0 fully saturated rings. The average Bonchev–Trinajstić information content (AvgIpc) is 2.82. The van der Waals surface area contributed by atoms with E-state index < -0.39 is 0 Å². The Morgan fingerprint density at radius 3 is 2.83 bits per heavy atom. The molecule has 1 nitrogen and oxygen atoms in total. The molecule has 0 aliphatic heterocycles. The summed E-state index contributed by atoms with van der Waals surface area (Å²) in [5.41, 5.74) is 7.19. The molecule has 2 N–H and O–H groups in total. The molecule has 1 aromatic heterocycles. The Bertz CT molecular complexity index is 538. The summed E-state index contributed by atoms with van der Waals surface area (Å²) in [7, 11) is 0. The van der Waals surface area contributed by atoms with E-state index in [1.807, 2.05) is 18.2 Å². The predicted octanol–water partition coefficient (Wildman–Crippen LogP) is 5.63. The van der Waals surface area contributed by atoms with Crippen molar-refractivity contribution in [1.82, 2.24) is 0 Å². The Morgan fingerprint density at radius 2 is 2.11 bits per heavy atom. The van der Waals surface area contributed by atoms with E-state index in [1.54, 1.807) is 11.3 Å². The third kappa shape index (κ3) is 3.15. The molecule has 1 aromatic carbocycles. The first-order chi connectivity index (χ1) is 8.61. The van der Waals surface area contributed by atoms with Crippen molar-refractivity contribution < 1.29 is 0 Å². The van der Waals surface area contributed by atoms with Crippen LogP contribution in [-0.4, -0.2) is 0 Å². The zero-order valence-electron chi connectivity index (χ0n) is 10.1. The molecule has 0 aliphatic carbocycles. The molecule has 0 amide bonds. The highest BCUT2D eigenvalue weighted by molar-refractivity contribution is 9.10. The Morgan fingerprint density at radius 1 is 1.33 bits per heavy atom. The topological polar surface area (TPSA) is 26.0 Å². The zero-order valence-corrected chi connectivity index (χ0v) is 13.3. The van der Waals surface area contributed by atoms with Gasteiger partial charge in [-0.2, -0.15) is 0 Å². The van der Waals surface area contributed by atoms with E-state index in [-0.39, 0.29) is 6.04 Å². The van der Waals surface area contributed by atoms with Crippen molar-refractivity contribution in [3.05, 3.63) is 44.7 Å². The molecule has 0 saturated carbocycles. The number of thiophene rings is 1. The quantitative estimate of drug-likeness (QED) is 0.764. The van der Waals surface area contributed by atoms with E-state index in [1.165, 1.54) is 9.75 Å². The van der Waals surface area contributed by atoms with E-state index in [2.05, 4.69) is 35.0 Å². The fraction of sp³-hybridized carbons (Fsp3) is 0.286. The van der Waals surface area contributed by atoms with E-state index in [9.17, 15) is 0 Å². The van der Waals surface area contributed by atoms with Gasteiger partial charge >= 0.3 is 0 Å². The molecule has 2 aromatic rings. The standard InChI is InChI=1S/C14H15BrClNS/c1-2-3-12(17)14-7-6-13(18-14)10-8-9(15)4-5-11(10)16/h4-8,12H,2-3,17H2,1H3. The van der Waals surface area contributed by atoms with Crippen LogP contribution in [0.1, 0.15) is 30.7 Å². The van der Waals surface area contributed by atoms with E-state index in [0.717, 1.165) is 27.9 Å². The third-order valence-corrected chi connectivity index (χ3v) is 4.86. The van der Waals surface area contributed by atoms with Crippen LogP contribution in [0.5, 0.6) is 0 Å². The predicted molar refractivity (Wildman–Crippen MR) is 84.3 cm³/mol. The van der Waals surface area contributed by atoms with Crippen LogP contribution in [0, 0.1) is 0 Å². The Kier molecular flexibility index (Phi) is 4.84. The summed E-state index contributed by atoms with van der Waals surface area (Å²) in [6.07, 6.45) is 2.12. The van der Waals surface area contributed by atoms with Crippen LogP contribution in [-0.2, 0) is 0 Å². The van der Waals surface area contributed by atoms with Crippen molar-refractivity contribution in [1.29, 1.82) is 0 Å². The summed E-state index contributed by atoms with van der Waals surface area (Å²) < 4.78 is 1.04. The van der Waals surface area contributed by atoms with Crippen LogP contribution in [0.15, 0.2) is 34.8 Å². The van der Waals surface area contributed by atoms with Gasteiger partial charge in [-0.3, -0.25) is 0 Å². The Labute approximate surface area is 125 Å². The van der Waals surface area contributed by atoms with Crippen molar-refractivity contribution in [3.8, 4) is 10.4 Å². The van der Waals surface area contributed by atoms with Crippen molar-refractivity contribution in [2.75, 3.05) is 0 Å². The van der Waals surface area contributed by atoms with Crippen LogP contribution in [0.25, 0.3) is 10.4 Å². The number of rotatable bonds is 4. The summed E-state index contributed by atoms with van der Waals surface area (Å²) >= 11 is 11.4. The lowest BCUT2D eigenvalue weighted by molar-refractivity contribution is 0.648. The zero-order chi connectivity index (χ0) is 13.1. The second-order valence-corrected chi connectivity index (χ2v) is 6.66. The van der Waals surface area contributed by atoms with E-state index >= 15 is 0 Å². The van der Waals surface area contributed by atoms with Gasteiger partial charge in [-0.1, -0.05) is 40.9 Å². The van der Waals surface area contributed by atoms with Gasteiger partial charge in [0, 0.05) is 30.9 Å². The molecule has 0 spiro atoms. The summed E-state index contributed by atoms with van der Waals surface area (Å²) in [6.45, 7) is 2.15. The second kappa shape index (κ2) is 6.20. The van der Waals surface area contributed by atoms with Gasteiger partial charge in [0.15, 0.2) is 0 Å². The van der Waals surface area contributed by atoms with E-state index in [4.69, 9.17) is 17.3 Å². The second-order valence-electron chi connectivity index (χ2n) is 4.22. The molecule has 18 heavy (non-hydrogen) atoms. The van der Waals surface area contributed by atoms with Gasteiger partial charge in [0.2, 0.25) is 0 Å². The summed E-state index contributed by atoms with van der Waals surface area (Å²) in [6, 6.07) is 10.2. The molecule has 2 rings (SSSR count). The smallest absolute Gasteiger partial charge is 0.0493 e. The maximum absolute atomic E-state index is 6.24. The Balaban J connectivity index is 2.32. The SMILES string of the molecule is CCCC(N)c1ccc(-c2cc(Br)ccc2Cl)s1.